The number of nitrogens with one attached hydrogen (secondary N) is 1. The Morgan fingerprint density at radius 3 is 2.41 bits per heavy atom. The first-order chi connectivity index (χ1) is 12.9. The standard InChI is InChI=1S/C20H17ClN2O4/c1-3-18(24)17(11-22)19(25)23-14-8-9-15(16(10-14)20(26)27-2)12-4-6-13(21)7-5-12/h4-10,17H,3H2,1-2H3,(H,23,25). The molecule has 0 spiro atoms. The first-order valence-corrected chi connectivity index (χ1v) is 8.50. The van der Waals surface area contributed by atoms with E-state index in [1.54, 1.807) is 49.4 Å². The molecule has 138 valence electrons. The molecule has 0 bridgehead atoms. The molecule has 0 aliphatic carbocycles. The van der Waals surface area contributed by atoms with Crippen molar-refractivity contribution in [3.05, 3.63) is 53.1 Å². The molecule has 2 rings (SSSR count). The van der Waals surface area contributed by atoms with Gasteiger partial charge in [-0.25, -0.2) is 4.79 Å². The van der Waals surface area contributed by atoms with Gasteiger partial charge in [-0.1, -0.05) is 36.7 Å². The quantitative estimate of drug-likeness (QED) is 0.602. The highest BCUT2D eigenvalue weighted by Crippen LogP contribution is 2.28. The number of methoxy groups -OCH3 is 1. The molecule has 2 aromatic carbocycles. The van der Waals surface area contributed by atoms with Crippen LogP contribution in [0.15, 0.2) is 42.5 Å². The average Bonchev–Trinajstić information content (AvgIpc) is 2.68. The van der Waals surface area contributed by atoms with Gasteiger partial charge in [-0.3, -0.25) is 9.59 Å². The fraction of sp³-hybridized carbons (Fsp3) is 0.200. The maximum absolute atomic E-state index is 12.2. The second-order valence-electron chi connectivity index (χ2n) is 5.63. The third kappa shape index (κ3) is 4.72. The van der Waals surface area contributed by atoms with E-state index in [4.69, 9.17) is 21.6 Å². The summed E-state index contributed by atoms with van der Waals surface area (Å²) in [4.78, 5) is 36.1. The third-order valence-corrected chi connectivity index (χ3v) is 4.16. The van der Waals surface area contributed by atoms with Crippen molar-refractivity contribution in [1.82, 2.24) is 0 Å². The topological polar surface area (TPSA) is 96.3 Å². The lowest BCUT2D eigenvalue weighted by molar-refractivity contribution is -0.128. The molecule has 1 amide bonds. The number of hydrogen-bond donors (Lipinski definition) is 1. The molecule has 0 saturated carbocycles. The number of benzene rings is 2. The van der Waals surface area contributed by atoms with E-state index >= 15 is 0 Å². The van der Waals surface area contributed by atoms with E-state index in [-0.39, 0.29) is 17.7 Å². The first-order valence-electron chi connectivity index (χ1n) is 8.12. The van der Waals surface area contributed by atoms with Crippen LogP contribution in [-0.2, 0) is 14.3 Å². The summed E-state index contributed by atoms with van der Waals surface area (Å²) in [6.07, 6.45) is 0.0779. The molecule has 0 aromatic heterocycles. The molecule has 1 N–H and O–H groups in total. The van der Waals surface area contributed by atoms with E-state index in [0.29, 0.717) is 10.6 Å². The van der Waals surface area contributed by atoms with E-state index in [9.17, 15) is 14.4 Å². The number of Topliss-reactive ketones (excluding diaryl/α,β-unsaturated/α-hetero) is 1. The van der Waals surface area contributed by atoms with Crippen LogP contribution in [0.25, 0.3) is 11.1 Å². The zero-order valence-corrected chi connectivity index (χ0v) is 15.5. The molecule has 2 aromatic rings. The predicted molar refractivity (Wildman–Crippen MR) is 101 cm³/mol. The van der Waals surface area contributed by atoms with Crippen molar-refractivity contribution in [3.8, 4) is 17.2 Å². The van der Waals surface area contributed by atoms with Crippen LogP contribution in [0.1, 0.15) is 23.7 Å². The molecule has 0 aliphatic heterocycles. The number of amides is 1. The monoisotopic (exact) mass is 384 g/mol. The Kier molecular flexibility index (Phi) is 6.69. The molecule has 7 heteroatoms. The molecular formula is C20H17ClN2O4. The molecule has 6 nitrogen and oxygen atoms in total. The van der Waals surface area contributed by atoms with Gasteiger partial charge in [0.25, 0.3) is 0 Å². The Morgan fingerprint density at radius 2 is 1.85 bits per heavy atom. The molecule has 1 unspecified atom stereocenters. The lowest BCUT2D eigenvalue weighted by atomic mass is 9.98. The average molecular weight is 385 g/mol. The Morgan fingerprint density at radius 1 is 1.19 bits per heavy atom. The zero-order chi connectivity index (χ0) is 20.0. The Labute approximate surface area is 161 Å². The number of anilines is 1. The minimum Gasteiger partial charge on any atom is -0.465 e. The number of carbonyl (C=O) groups is 3. The Hall–Kier alpha value is -3.17. The fourth-order valence-corrected chi connectivity index (χ4v) is 2.60. The minimum absolute atomic E-state index is 0.0779. The smallest absolute Gasteiger partial charge is 0.338 e. The van der Waals surface area contributed by atoms with E-state index in [2.05, 4.69) is 5.32 Å². The second-order valence-corrected chi connectivity index (χ2v) is 6.07. The van der Waals surface area contributed by atoms with E-state index in [1.807, 2.05) is 0 Å². The van der Waals surface area contributed by atoms with Gasteiger partial charge in [-0.15, -0.1) is 0 Å². The fourth-order valence-electron chi connectivity index (χ4n) is 2.48. The SMILES string of the molecule is CCC(=O)C(C#N)C(=O)Nc1ccc(-c2ccc(Cl)cc2)c(C(=O)OC)c1. The normalized spacial score (nSPS) is 11.2. The zero-order valence-electron chi connectivity index (χ0n) is 14.8. The van der Waals surface area contributed by atoms with Crippen LogP contribution in [0.4, 0.5) is 5.69 Å². The van der Waals surface area contributed by atoms with Gasteiger partial charge in [0.15, 0.2) is 11.7 Å². The number of nitrogens with zero attached hydrogens (tertiary/aromatic N) is 1. The van der Waals surface area contributed by atoms with E-state index < -0.39 is 23.6 Å². The predicted octanol–water partition coefficient (Wildman–Crippen LogP) is 3.85. The van der Waals surface area contributed by atoms with Crippen molar-refractivity contribution in [1.29, 1.82) is 5.26 Å². The van der Waals surface area contributed by atoms with Crippen LogP contribution in [0.3, 0.4) is 0 Å². The first kappa shape index (κ1) is 20.1. The summed E-state index contributed by atoms with van der Waals surface area (Å²) in [5.74, 6) is -3.19. The number of esters is 1. The Bertz CT molecular complexity index is 917. The van der Waals surface area contributed by atoms with Crippen molar-refractivity contribution in [2.45, 2.75) is 13.3 Å². The highest BCUT2D eigenvalue weighted by atomic mass is 35.5. The number of hydrogen-bond acceptors (Lipinski definition) is 5. The lowest BCUT2D eigenvalue weighted by Gasteiger charge is -2.13. The van der Waals surface area contributed by atoms with Crippen molar-refractivity contribution < 1.29 is 19.1 Å². The summed E-state index contributed by atoms with van der Waals surface area (Å²) >= 11 is 5.90. The van der Waals surface area contributed by atoms with Gasteiger partial charge in [0, 0.05) is 17.1 Å². The molecular weight excluding hydrogens is 368 g/mol. The van der Waals surface area contributed by atoms with Crippen molar-refractivity contribution >= 4 is 34.9 Å². The van der Waals surface area contributed by atoms with Gasteiger partial charge >= 0.3 is 5.97 Å². The van der Waals surface area contributed by atoms with Crippen molar-refractivity contribution in [2.75, 3.05) is 12.4 Å². The molecule has 0 aliphatic rings. The number of carbonyl (C=O) groups excluding carboxylic acids is 3. The van der Waals surface area contributed by atoms with Gasteiger partial charge in [0.1, 0.15) is 0 Å². The van der Waals surface area contributed by atoms with Gasteiger partial charge in [0.05, 0.1) is 18.7 Å². The largest absolute Gasteiger partial charge is 0.465 e. The molecule has 0 saturated heterocycles. The van der Waals surface area contributed by atoms with E-state index in [0.717, 1.165) is 5.56 Å². The number of halogens is 1. The lowest BCUT2D eigenvalue weighted by Crippen LogP contribution is -2.28. The molecule has 0 heterocycles. The second kappa shape index (κ2) is 8.97. The summed E-state index contributed by atoms with van der Waals surface area (Å²) in [6, 6.07) is 13.3. The summed E-state index contributed by atoms with van der Waals surface area (Å²) in [5, 5.41) is 12.1. The molecule has 0 radical (unpaired) electrons. The van der Waals surface area contributed by atoms with Gasteiger partial charge < -0.3 is 10.1 Å². The summed E-state index contributed by atoms with van der Waals surface area (Å²) in [5.41, 5.74) is 1.85. The van der Waals surface area contributed by atoms with Gasteiger partial charge in [-0.05, 0) is 35.4 Å². The van der Waals surface area contributed by atoms with Crippen LogP contribution >= 0.6 is 11.6 Å². The highest BCUT2D eigenvalue weighted by molar-refractivity contribution is 6.30. The van der Waals surface area contributed by atoms with Crippen molar-refractivity contribution in [3.63, 3.8) is 0 Å². The molecule has 1 atom stereocenters. The molecule has 0 fully saturated rings. The maximum Gasteiger partial charge on any atom is 0.338 e. The Balaban J connectivity index is 2.39. The summed E-state index contributed by atoms with van der Waals surface area (Å²) in [7, 11) is 1.25. The van der Waals surface area contributed by atoms with Crippen LogP contribution in [0, 0.1) is 17.2 Å². The van der Waals surface area contributed by atoms with Crippen molar-refractivity contribution in [2.24, 2.45) is 5.92 Å². The summed E-state index contributed by atoms with van der Waals surface area (Å²) in [6.45, 7) is 1.58. The number of nitriles is 1. The van der Waals surface area contributed by atoms with Crippen LogP contribution in [0.2, 0.25) is 5.02 Å². The number of ether oxygens (including phenoxy) is 1. The van der Waals surface area contributed by atoms with Gasteiger partial charge in [-0.2, -0.15) is 5.26 Å². The molecule has 27 heavy (non-hydrogen) atoms. The van der Waals surface area contributed by atoms with Crippen LogP contribution in [-0.4, -0.2) is 24.8 Å². The summed E-state index contributed by atoms with van der Waals surface area (Å²) < 4.78 is 4.82. The maximum atomic E-state index is 12.2. The van der Waals surface area contributed by atoms with Crippen LogP contribution in [0.5, 0.6) is 0 Å². The third-order valence-electron chi connectivity index (χ3n) is 3.91. The minimum atomic E-state index is -1.40. The number of ketones is 1. The van der Waals surface area contributed by atoms with Crippen LogP contribution < -0.4 is 5.32 Å². The number of rotatable bonds is 6. The highest BCUT2D eigenvalue weighted by Gasteiger charge is 2.25. The van der Waals surface area contributed by atoms with E-state index in [1.165, 1.54) is 13.2 Å². The van der Waals surface area contributed by atoms with Gasteiger partial charge in [0.2, 0.25) is 5.91 Å².